The zero-order chi connectivity index (χ0) is 14.9. The van der Waals surface area contributed by atoms with Crippen LogP contribution in [-0.2, 0) is 13.5 Å². The van der Waals surface area contributed by atoms with Crippen LogP contribution in [0, 0.1) is 6.92 Å². The molecule has 1 fully saturated rings. The molecule has 1 atom stereocenters. The number of aryl methyl sites for hydroxylation is 2. The summed E-state index contributed by atoms with van der Waals surface area (Å²) in [7, 11) is 6.14. The Kier molecular flexibility index (Phi) is 4.92. The van der Waals surface area contributed by atoms with Gasteiger partial charge in [0.1, 0.15) is 0 Å². The molecular formula is C15H26BrN3O. The van der Waals surface area contributed by atoms with Crippen molar-refractivity contribution in [2.75, 3.05) is 14.1 Å². The maximum Gasteiger partial charge on any atom is 0.0779 e. The largest absolute Gasteiger partial charge is 0.391 e. The van der Waals surface area contributed by atoms with Gasteiger partial charge in [0, 0.05) is 19.0 Å². The highest BCUT2D eigenvalue weighted by molar-refractivity contribution is 9.10. The smallest absolute Gasteiger partial charge is 0.0779 e. The summed E-state index contributed by atoms with van der Waals surface area (Å²) in [4.78, 5) is 2.23. The molecule has 1 aromatic rings. The first-order chi connectivity index (χ1) is 9.38. The van der Waals surface area contributed by atoms with Crippen LogP contribution in [0.25, 0.3) is 0 Å². The Bertz CT molecular complexity index is 464. The Hall–Kier alpha value is -0.390. The van der Waals surface area contributed by atoms with Crippen LogP contribution < -0.4 is 0 Å². The number of halogens is 1. The molecule has 0 amide bonds. The third-order valence-corrected chi connectivity index (χ3v) is 5.91. The number of likely N-dealkylation sites (N-methyl/N-ethyl adjacent to an activating group) is 1. The van der Waals surface area contributed by atoms with Gasteiger partial charge in [-0.2, -0.15) is 5.10 Å². The second-order valence-corrected chi connectivity index (χ2v) is 7.04. The summed E-state index contributed by atoms with van der Waals surface area (Å²) < 4.78 is 2.92. The lowest BCUT2D eigenvalue weighted by Crippen LogP contribution is -2.55. The van der Waals surface area contributed by atoms with E-state index in [0.717, 1.165) is 28.7 Å². The molecule has 0 aromatic carbocycles. The van der Waals surface area contributed by atoms with Gasteiger partial charge in [-0.1, -0.05) is 19.3 Å². The molecule has 1 aliphatic carbocycles. The van der Waals surface area contributed by atoms with Gasteiger partial charge in [-0.3, -0.25) is 4.68 Å². The molecule has 0 aliphatic heterocycles. The Morgan fingerprint density at radius 2 is 1.95 bits per heavy atom. The molecule has 1 saturated carbocycles. The summed E-state index contributed by atoms with van der Waals surface area (Å²) in [5.41, 5.74) is 1.98. The van der Waals surface area contributed by atoms with E-state index in [1.54, 1.807) is 0 Å². The first-order valence-corrected chi connectivity index (χ1v) is 8.21. The summed E-state index contributed by atoms with van der Waals surface area (Å²) in [6, 6.07) is 0. The van der Waals surface area contributed by atoms with Gasteiger partial charge < -0.3 is 10.0 Å². The number of aromatic nitrogens is 2. The van der Waals surface area contributed by atoms with Crippen molar-refractivity contribution in [3.05, 3.63) is 15.9 Å². The minimum Gasteiger partial charge on any atom is -0.391 e. The molecule has 1 unspecified atom stereocenters. The number of hydrogen-bond donors (Lipinski definition) is 1. The number of aliphatic hydroxyl groups excluding tert-OH is 1. The van der Waals surface area contributed by atoms with Crippen molar-refractivity contribution in [1.29, 1.82) is 0 Å². The summed E-state index contributed by atoms with van der Waals surface area (Å²) in [5, 5.41) is 15.3. The van der Waals surface area contributed by atoms with Crippen molar-refractivity contribution in [3.63, 3.8) is 0 Å². The summed E-state index contributed by atoms with van der Waals surface area (Å²) in [6.45, 7) is 1.99. The van der Waals surface area contributed by atoms with Gasteiger partial charge in [0.2, 0.25) is 0 Å². The van der Waals surface area contributed by atoms with E-state index in [2.05, 4.69) is 40.0 Å². The second-order valence-electron chi connectivity index (χ2n) is 6.25. The molecule has 2 rings (SSSR count). The molecule has 1 heterocycles. The molecule has 1 aliphatic rings. The van der Waals surface area contributed by atoms with Gasteiger partial charge >= 0.3 is 0 Å². The molecule has 0 saturated heterocycles. The lowest BCUT2D eigenvalue weighted by atomic mass is 9.75. The van der Waals surface area contributed by atoms with Crippen LogP contribution in [0.3, 0.4) is 0 Å². The molecule has 1 aromatic heterocycles. The highest BCUT2D eigenvalue weighted by Crippen LogP contribution is 2.37. The lowest BCUT2D eigenvalue weighted by Gasteiger charge is -2.46. The summed E-state index contributed by atoms with van der Waals surface area (Å²) >= 11 is 3.60. The molecule has 1 N–H and O–H groups in total. The molecule has 0 spiro atoms. The van der Waals surface area contributed by atoms with Crippen molar-refractivity contribution < 1.29 is 5.11 Å². The fourth-order valence-electron chi connectivity index (χ4n) is 3.52. The van der Waals surface area contributed by atoms with E-state index in [-0.39, 0.29) is 11.6 Å². The molecule has 0 radical (unpaired) electrons. The lowest BCUT2D eigenvalue weighted by molar-refractivity contribution is -0.0319. The minimum atomic E-state index is -0.358. The van der Waals surface area contributed by atoms with Gasteiger partial charge in [-0.05, 0) is 49.8 Å². The van der Waals surface area contributed by atoms with E-state index in [1.165, 1.54) is 19.3 Å². The van der Waals surface area contributed by atoms with Crippen molar-refractivity contribution in [3.8, 4) is 0 Å². The van der Waals surface area contributed by atoms with Crippen LogP contribution >= 0.6 is 15.9 Å². The molecule has 20 heavy (non-hydrogen) atoms. The van der Waals surface area contributed by atoms with Crippen molar-refractivity contribution >= 4 is 15.9 Å². The maximum absolute atomic E-state index is 10.9. The van der Waals surface area contributed by atoms with Gasteiger partial charge in [0.05, 0.1) is 22.0 Å². The topological polar surface area (TPSA) is 41.3 Å². The zero-order valence-corrected chi connectivity index (χ0v) is 14.6. The van der Waals surface area contributed by atoms with Crippen molar-refractivity contribution in [2.45, 2.75) is 57.1 Å². The predicted molar refractivity (Wildman–Crippen MR) is 84.9 cm³/mol. The summed E-state index contributed by atoms with van der Waals surface area (Å²) in [6.07, 6.45) is 6.16. The fourth-order valence-corrected chi connectivity index (χ4v) is 4.02. The normalized spacial score (nSPS) is 20.4. The average Bonchev–Trinajstić information content (AvgIpc) is 2.66. The third kappa shape index (κ3) is 2.81. The third-order valence-electron chi connectivity index (χ3n) is 4.88. The number of hydrogen-bond acceptors (Lipinski definition) is 3. The van der Waals surface area contributed by atoms with E-state index >= 15 is 0 Å². The van der Waals surface area contributed by atoms with Crippen LogP contribution in [0.1, 0.15) is 43.5 Å². The monoisotopic (exact) mass is 343 g/mol. The van der Waals surface area contributed by atoms with E-state index in [9.17, 15) is 5.11 Å². The molecule has 114 valence electrons. The van der Waals surface area contributed by atoms with Crippen LogP contribution in [0.4, 0.5) is 0 Å². The quantitative estimate of drug-likeness (QED) is 0.913. The molecule has 0 bridgehead atoms. The average molecular weight is 344 g/mol. The molecular weight excluding hydrogens is 318 g/mol. The van der Waals surface area contributed by atoms with Crippen LogP contribution in [0.15, 0.2) is 4.47 Å². The Morgan fingerprint density at radius 3 is 2.40 bits per heavy atom. The number of nitrogens with zero attached hydrogens (tertiary/aromatic N) is 3. The van der Waals surface area contributed by atoms with Crippen molar-refractivity contribution in [1.82, 2.24) is 14.7 Å². The van der Waals surface area contributed by atoms with Crippen LogP contribution in [0.5, 0.6) is 0 Å². The zero-order valence-electron chi connectivity index (χ0n) is 13.0. The predicted octanol–water partition coefficient (Wildman–Crippen LogP) is 2.66. The van der Waals surface area contributed by atoms with E-state index in [0.29, 0.717) is 6.42 Å². The first kappa shape index (κ1) is 16.0. The van der Waals surface area contributed by atoms with Crippen LogP contribution in [-0.4, -0.2) is 45.5 Å². The maximum atomic E-state index is 10.9. The van der Waals surface area contributed by atoms with E-state index < -0.39 is 0 Å². The summed E-state index contributed by atoms with van der Waals surface area (Å²) in [5.74, 6) is 0. The number of aliphatic hydroxyl groups is 1. The highest BCUT2D eigenvalue weighted by Gasteiger charge is 2.41. The van der Waals surface area contributed by atoms with E-state index in [4.69, 9.17) is 0 Å². The number of rotatable bonds is 4. The Labute approximate surface area is 130 Å². The standard InChI is InChI=1S/C15H26BrN3O/c1-11-14(16)12(19(4)17-11)10-13(20)15(18(2)3)8-6-5-7-9-15/h13,20H,5-10H2,1-4H3. The fraction of sp³-hybridized carbons (Fsp3) is 0.800. The van der Waals surface area contributed by atoms with Gasteiger partial charge in [-0.15, -0.1) is 0 Å². The van der Waals surface area contributed by atoms with Gasteiger partial charge in [-0.25, -0.2) is 0 Å². The first-order valence-electron chi connectivity index (χ1n) is 7.42. The molecule has 4 nitrogen and oxygen atoms in total. The van der Waals surface area contributed by atoms with Gasteiger partial charge in [0.25, 0.3) is 0 Å². The van der Waals surface area contributed by atoms with Crippen LogP contribution in [0.2, 0.25) is 0 Å². The second kappa shape index (κ2) is 6.16. The van der Waals surface area contributed by atoms with E-state index in [1.807, 2.05) is 18.7 Å². The van der Waals surface area contributed by atoms with Gasteiger partial charge in [0.15, 0.2) is 0 Å². The highest BCUT2D eigenvalue weighted by atomic mass is 79.9. The SMILES string of the molecule is Cc1nn(C)c(CC(O)C2(N(C)C)CCCCC2)c1Br. The Morgan fingerprint density at radius 1 is 1.35 bits per heavy atom. The Balaban J connectivity index is 2.22. The molecule has 5 heteroatoms. The minimum absolute atomic E-state index is 0.0874. The van der Waals surface area contributed by atoms with Crippen molar-refractivity contribution in [2.24, 2.45) is 7.05 Å².